The minimum atomic E-state index is -0.240. The van der Waals surface area contributed by atoms with Gasteiger partial charge in [0.1, 0.15) is 11.4 Å². The number of oxime groups is 1. The maximum atomic E-state index is 12.3. The van der Waals surface area contributed by atoms with Crippen LogP contribution in [0.4, 0.5) is 0 Å². The molecule has 3 N–H and O–H groups in total. The Morgan fingerprint density at radius 2 is 2.19 bits per heavy atom. The number of carbonyl (C=O) groups is 1. The van der Waals surface area contributed by atoms with Crippen LogP contribution in [0.25, 0.3) is 11.0 Å². The molecule has 1 amide bonds. The van der Waals surface area contributed by atoms with Crippen molar-refractivity contribution in [3.63, 3.8) is 0 Å². The molecular formula is C15H19N3O3. The molecule has 0 spiro atoms. The Kier molecular flexibility index (Phi) is 4.16. The van der Waals surface area contributed by atoms with Crippen LogP contribution in [0.5, 0.6) is 0 Å². The van der Waals surface area contributed by atoms with Gasteiger partial charge in [0.15, 0.2) is 5.76 Å². The normalized spacial score (nSPS) is 13.4. The number of hydrogen-bond donors (Lipinski definition) is 2. The Balaban J connectivity index is 2.17. The number of fused-ring (bicyclic) bond motifs is 1. The summed E-state index contributed by atoms with van der Waals surface area (Å²) in [5.41, 5.74) is 7.31. The summed E-state index contributed by atoms with van der Waals surface area (Å²) in [6.45, 7) is 4.10. The summed E-state index contributed by atoms with van der Waals surface area (Å²) in [7, 11) is 1.65. The molecule has 21 heavy (non-hydrogen) atoms. The summed E-state index contributed by atoms with van der Waals surface area (Å²) in [6.07, 6.45) is 0. The number of furan rings is 1. The Morgan fingerprint density at radius 1 is 1.48 bits per heavy atom. The molecule has 6 heteroatoms. The molecule has 2 rings (SSSR count). The molecule has 0 bridgehead atoms. The lowest BCUT2D eigenvalue weighted by Crippen LogP contribution is -2.36. The van der Waals surface area contributed by atoms with E-state index < -0.39 is 0 Å². The van der Waals surface area contributed by atoms with Crippen molar-refractivity contribution in [2.75, 3.05) is 13.6 Å². The van der Waals surface area contributed by atoms with E-state index in [1.807, 2.05) is 25.1 Å². The zero-order valence-corrected chi connectivity index (χ0v) is 12.3. The molecule has 0 aliphatic carbocycles. The Bertz CT molecular complexity index is 691. The average Bonchev–Trinajstić information content (AvgIpc) is 2.88. The number of amides is 1. The van der Waals surface area contributed by atoms with Crippen molar-refractivity contribution in [1.82, 2.24) is 4.90 Å². The lowest BCUT2D eigenvalue weighted by atomic mass is 10.1. The topological polar surface area (TPSA) is 92.1 Å². The summed E-state index contributed by atoms with van der Waals surface area (Å²) in [4.78, 5) is 13.8. The van der Waals surface area contributed by atoms with Gasteiger partial charge in [-0.3, -0.25) is 4.79 Å². The van der Waals surface area contributed by atoms with Gasteiger partial charge in [0.05, 0.1) is 0 Å². The van der Waals surface area contributed by atoms with Crippen molar-refractivity contribution < 1.29 is 14.4 Å². The van der Waals surface area contributed by atoms with E-state index in [1.54, 1.807) is 20.0 Å². The van der Waals surface area contributed by atoms with Crippen LogP contribution in [0, 0.1) is 12.8 Å². The number of carbonyl (C=O) groups excluding carboxylic acids is 1. The standard InChI is InChI=1S/C15H19N3O3/c1-9-4-5-12-11(6-9)7-13(21-12)15(19)18(3)8-10(2)14(16)17-20/h4-7,10,20H,8H2,1-3H3,(H2,16,17). The maximum absolute atomic E-state index is 12.3. The highest BCUT2D eigenvalue weighted by atomic mass is 16.4. The van der Waals surface area contributed by atoms with E-state index in [1.165, 1.54) is 4.90 Å². The van der Waals surface area contributed by atoms with Crippen molar-refractivity contribution in [3.05, 3.63) is 35.6 Å². The van der Waals surface area contributed by atoms with Gasteiger partial charge in [-0.1, -0.05) is 23.7 Å². The van der Waals surface area contributed by atoms with Crippen molar-refractivity contribution in [3.8, 4) is 0 Å². The van der Waals surface area contributed by atoms with Gasteiger partial charge in [-0.2, -0.15) is 0 Å². The lowest BCUT2D eigenvalue weighted by Gasteiger charge is -2.19. The summed E-state index contributed by atoms with van der Waals surface area (Å²) in [5, 5.41) is 12.5. The first kappa shape index (κ1) is 14.9. The number of nitrogens with two attached hydrogens (primary N) is 1. The van der Waals surface area contributed by atoms with Gasteiger partial charge in [0, 0.05) is 24.9 Å². The van der Waals surface area contributed by atoms with E-state index in [0.29, 0.717) is 12.1 Å². The molecule has 1 aromatic carbocycles. The summed E-state index contributed by atoms with van der Waals surface area (Å²) < 4.78 is 5.57. The maximum Gasteiger partial charge on any atom is 0.289 e. The first-order valence-corrected chi connectivity index (χ1v) is 6.65. The van der Waals surface area contributed by atoms with Crippen molar-refractivity contribution in [1.29, 1.82) is 0 Å². The van der Waals surface area contributed by atoms with Crippen LogP contribution in [-0.4, -0.2) is 35.4 Å². The van der Waals surface area contributed by atoms with E-state index in [-0.39, 0.29) is 23.4 Å². The molecule has 112 valence electrons. The van der Waals surface area contributed by atoms with Crippen molar-refractivity contribution >= 4 is 22.7 Å². The van der Waals surface area contributed by atoms with Crippen LogP contribution in [0.3, 0.4) is 0 Å². The lowest BCUT2D eigenvalue weighted by molar-refractivity contribution is 0.0757. The van der Waals surface area contributed by atoms with Gasteiger partial charge in [-0.15, -0.1) is 0 Å². The van der Waals surface area contributed by atoms with Crippen LogP contribution in [0.15, 0.2) is 33.8 Å². The third-order valence-corrected chi connectivity index (χ3v) is 3.40. The molecular weight excluding hydrogens is 270 g/mol. The van der Waals surface area contributed by atoms with Gasteiger partial charge < -0.3 is 20.3 Å². The van der Waals surface area contributed by atoms with E-state index in [2.05, 4.69) is 5.16 Å². The van der Waals surface area contributed by atoms with Gasteiger partial charge in [0.25, 0.3) is 5.91 Å². The Labute approximate surface area is 122 Å². The first-order valence-electron chi connectivity index (χ1n) is 6.65. The summed E-state index contributed by atoms with van der Waals surface area (Å²) in [6, 6.07) is 7.48. The SMILES string of the molecule is Cc1ccc2oc(C(=O)N(C)CC(C)C(N)=NO)cc2c1. The highest BCUT2D eigenvalue weighted by molar-refractivity contribution is 5.96. The number of rotatable bonds is 4. The fourth-order valence-corrected chi connectivity index (χ4v) is 2.14. The number of benzene rings is 1. The van der Waals surface area contributed by atoms with Gasteiger partial charge in [-0.25, -0.2) is 0 Å². The Hall–Kier alpha value is -2.50. The molecule has 0 aliphatic rings. The smallest absolute Gasteiger partial charge is 0.289 e. The van der Waals surface area contributed by atoms with Crippen molar-refractivity contribution in [2.24, 2.45) is 16.8 Å². The highest BCUT2D eigenvalue weighted by Crippen LogP contribution is 2.21. The second-order valence-electron chi connectivity index (χ2n) is 5.26. The van der Waals surface area contributed by atoms with Crippen LogP contribution in [0.1, 0.15) is 23.0 Å². The largest absolute Gasteiger partial charge is 0.451 e. The van der Waals surface area contributed by atoms with E-state index in [4.69, 9.17) is 15.4 Å². The van der Waals surface area contributed by atoms with Gasteiger partial charge >= 0.3 is 0 Å². The molecule has 2 aromatic rings. The molecule has 1 heterocycles. The highest BCUT2D eigenvalue weighted by Gasteiger charge is 2.20. The summed E-state index contributed by atoms with van der Waals surface area (Å²) >= 11 is 0. The van der Waals surface area contributed by atoms with Crippen LogP contribution in [-0.2, 0) is 0 Å². The second kappa shape index (κ2) is 5.87. The molecule has 1 unspecified atom stereocenters. The molecule has 0 saturated heterocycles. The average molecular weight is 289 g/mol. The van der Waals surface area contributed by atoms with E-state index in [9.17, 15) is 4.79 Å². The first-order chi connectivity index (χ1) is 9.92. The number of hydrogen-bond acceptors (Lipinski definition) is 4. The van der Waals surface area contributed by atoms with E-state index >= 15 is 0 Å². The minimum Gasteiger partial charge on any atom is -0.451 e. The zero-order valence-electron chi connectivity index (χ0n) is 12.3. The van der Waals surface area contributed by atoms with Crippen LogP contribution < -0.4 is 5.73 Å². The summed E-state index contributed by atoms with van der Waals surface area (Å²) in [5.74, 6) is -0.100. The van der Waals surface area contributed by atoms with Crippen molar-refractivity contribution in [2.45, 2.75) is 13.8 Å². The molecule has 6 nitrogen and oxygen atoms in total. The minimum absolute atomic E-state index is 0.0925. The predicted octanol–water partition coefficient (Wildman–Crippen LogP) is 2.20. The molecule has 0 aliphatic heterocycles. The third kappa shape index (κ3) is 3.16. The second-order valence-corrected chi connectivity index (χ2v) is 5.26. The van der Waals surface area contributed by atoms with E-state index in [0.717, 1.165) is 10.9 Å². The number of aryl methyl sites for hydroxylation is 1. The molecule has 0 fully saturated rings. The monoisotopic (exact) mass is 289 g/mol. The fourth-order valence-electron chi connectivity index (χ4n) is 2.14. The number of amidine groups is 1. The molecule has 1 aromatic heterocycles. The van der Waals surface area contributed by atoms with Crippen LogP contribution >= 0.6 is 0 Å². The third-order valence-electron chi connectivity index (χ3n) is 3.40. The fraction of sp³-hybridized carbons (Fsp3) is 0.333. The molecule has 0 saturated carbocycles. The predicted molar refractivity (Wildman–Crippen MR) is 80.5 cm³/mol. The zero-order chi connectivity index (χ0) is 15.6. The molecule has 0 radical (unpaired) electrons. The quantitative estimate of drug-likeness (QED) is 0.390. The molecule has 1 atom stereocenters. The number of nitrogens with zero attached hydrogens (tertiary/aromatic N) is 2. The van der Waals surface area contributed by atoms with Gasteiger partial charge in [-0.05, 0) is 25.1 Å². The Morgan fingerprint density at radius 3 is 2.86 bits per heavy atom. The van der Waals surface area contributed by atoms with Crippen LogP contribution in [0.2, 0.25) is 0 Å². The van der Waals surface area contributed by atoms with Gasteiger partial charge in [0.2, 0.25) is 0 Å².